The molecule has 0 bridgehead atoms. The molecule has 2 rings (SSSR count). The second-order valence-electron chi connectivity index (χ2n) is 3.97. The van der Waals surface area contributed by atoms with E-state index in [1.165, 1.54) is 25.6 Å². The van der Waals surface area contributed by atoms with E-state index in [0.29, 0.717) is 12.0 Å². The number of halogens is 1. The lowest BCUT2D eigenvalue weighted by atomic mass is 9.98. The Balaban J connectivity index is 2.08. The molecule has 16 heavy (non-hydrogen) atoms. The largest absolute Gasteiger partial charge is 0.473 e. The summed E-state index contributed by atoms with van der Waals surface area (Å²) in [6.45, 7) is 0. The monoisotopic (exact) mass is 285 g/mol. The van der Waals surface area contributed by atoms with Crippen LogP contribution in [0.25, 0.3) is 0 Å². The van der Waals surface area contributed by atoms with E-state index in [9.17, 15) is 0 Å². The number of aromatic nitrogens is 2. The average Bonchev–Trinajstić information content (AvgIpc) is 2.33. The summed E-state index contributed by atoms with van der Waals surface area (Å²) < 4.78 is 6.70. The molecule has 1 aliphatic carbocycles. The van der Waals surface area contributed by atoms with E-state index in [0.717, 1.165) is 23.1 Å². The fourth-order valence-electron chi connectivity index (χ4n) is 1.95. The Morgan fingerprint density at radius 3 is 2.75 bits per heavy atom. The van der Waals surface area contributed by atoms with E-state index in [1.54, 1.807) is 0 Å². The van der Waals surface area contributed by atoms with Crippen molar-refractivity contribution in [1.82, 2.24) is 9.97 Å². The molecule has 1 heterocycles. The number of hydrogen-bond donors (Lipinski definition) is 1. The minimum absolute atomic E-state index is 0.310. The van der Waals surface area contributed by atoms with Crippen LogP contribution >= 0.6 is 15.9 Å². The molecule has 1 saturated carbocycles. The summed E-state index contributed by atoms with van der Waals surface area (Å²) in [6.07, 6.45) is 7.93. The van der Waals surface area contributed by atoms with Gasteiger partial charge < -0.3 is 10.1 Å². The molecule has 0 atom stereocenters. The maximum atomic E-state index is 5.89. The van der Waals surface area contributed by atoms with Crippen molar-refractivity contribution in [3.05, 3.63) is 10.8 Å². The first-order valence-corrected chi connectivity index (χ1v) is 6.45. The normalized spacial score (nSPS) is 17.1. The maximum Gasteiger partial charge on any atom is 0.233 e. The molecule has 1 aromatic heterocycles. The van der Waals surface area contributed by atoms with E-state index in [1.807, 2.05) is 7.05 Å². The third kappa shape index (κ3) is 2.64. The first-order chi connectivity index (χ1) is 7.81. The van der Waals surface area contributed by atoms with Gasteiger partial charge in [0.1, 0.15) is 22.7 Å². The minimum atomic E-state index is 0.310. The molecule has 88 valence electrons. The fourth-order valence-corrected chi connectivity index (χ4v) is 2.45. The van der Waals surface area contributed by atoms with E-state index in [2.05, 4.69) is 31.2 Å². The number of ether oxygens (including phenoxy) is 1. The molecule has 1 N–H and O–H groups in total. The first-order valence-electron chi connectivity index (χ1n) is 5.66. The van der Waals surface area contributed by atoms with Crippen LogP contribution in [0.3, 0.4) is 0 Å². The SMILES string of the molecule is CNc1ncnc(OC2CCCCC2)c1Br. The van der Waals surface area contributed by atoms with E-state index >= 15 is 0 Å². The van der Waals surface area contributed by atoms with Gasteiger partial charge in [0, 0.05) is 7.05 Å². The van der Waals surface area contributed by atoms with Crippen LogP contribution < -0.4 is 10.1 Å². The van der Waals surface area contributed by atoms with E-state index in [4.69, 9.17) is 4.74 Å². The van der Waals surface area contributed by atoms with Gasteiger partial charge in [-0.1, -0.05) is 6.42 Å². The summed E-state index contributed by atoms with van der Waals surface area (Å²) in [6, 6.07) is 0. The third-order valence-electron chi connectivity index (χ3n) is 2.82. The molecule has 0 unspecified atom stereocenters. The third-order valence-corrected chi connectivity index (χ3v) is 3.54. The van der Waals surface area contributed by atoms with E-state index in [-0.39, 0.29) is 0 Å². The van der Waals surface area contributed by atoms with Crippen molar-refractivity contribution >= 4 is 21.7 Å². The fraction of sp³-hybridized carbons (Fsp3) is 0.636. The summed E-state index contributed by atoms with van der Waals surface area (Å²) in [5.74, 6) is 1.41. The molecule has 0 radical (unpaired) electrons. The van der Waals surface area contributed by atoms with Crippen LogP contribution in [0, 0.1) is 0 Å². The van der Waals surface area contributed by atoms with Gasteiger partial charge in [0.25, 0.3) is 0 Å². The highest BCUT2D eigenvalue weighted by Crippen LogP contribution is 2.31. The molecule has 0 saturated heterocycles. The summed E-state index contributed by atoms with van der Waals surface area (Å²) >= 11 is 3.46. The van der Waals surface area contributed by atoms with Crippen molar-refractivity contribution in [3.8, 4) is 5.88 Å². The number of anilines is 1. The lowest BCUT2D eigenvalue weighted by molar-refractivity contribution is 0.147. The average molecular weight is 286 g/mol. The molecule has 1 fully saturated rings. The number of hydrogen-bond acceptors (Lipinski definition) is 4. The Morgan fingerprint density at radius 2 is 2.06 bits per heavy atom. The van der Waals surface area contributed by atoms with Crippen LogP contribution in [0.4, 0.5) is 5.82 Å². The first kappa shape index (κ1) is 11.6. The topological polar surface area (TPSA) is 47.0 Å². The number of rotatable bonds is 3. The molecule has 1 aromatic rings. The Labute approximate surface area is 104 Å². The molecule has 0 spiro atoms. The van der Waals surface area contributed by atoms with Gasteiger partial charge in [-0.05, 0) is 41.6 Å². The van der Waals surface area contributed by atoms with Gasteiger partial charge in [-0.3, -0.25) is 0 Å². The van der Waals surface area contributed by atoms with Crippen molar-refractivity contribution in [2.45, 2.75) is 38.2 Å². The molecule has 1 aliphatic rings. The number of nitrogens with one attached hydrogen (secondary N) is 1. The zero-order valence-corrected chi connectivity index (χ0v) is 11.0. The summed E-state index contributed by atoms with van der Waals surface area (Å²) in [7, 11) is 1.83. The Kier molecular flexibility index (Phi) is 3.98. The molecule has 5 heteroatoms. The second-order valence-corrected chi connectivity index (χ2v) is 4.76. The molecule has 0 aromatic carbocycles. The highest BCUT2D eigenvalue weighted by Gasteiger charge is 2.18. The van der Waals surface area contributed by atoms with Gasteiger partial charge in [0.05, 0.1) is 0 Å². The van der Waals surface area contributed by atoms with Crippen LogP contribution in [0.1, 0.15) is 32.1 Å². The molecular weight excluding hydrogens is 270 g/mol. The quantitative estimate of drug-likeness (QED) is 0.928. The maximum absolute atomic E-state index is 5.89. The highest BCUT2D eigenvalue weighted by molar-refractivity contribution is 9.10. The minimum Gasteiger partial charge on any atom is -0.473 e. The van der Waals surface area contributed by atoms with Gasteiger partial charge in [-0.25, -0.2) is 9.97 Å². The standard InChI is InChI=1S/C11H16BrN3O/c1-13-10-9(12)11(15-7-14-10)16-8-5-3-2-4-6-8/h7-8H,2-6H2,1H3,(H,13,14,15). The number of nitrogens with zero attached hydrogens (tertiary/aromatic N) is 2. The predicted octanol–water partition coefficient (Wildman–Crippen LogP) is 2.99. The molecule has 4 nitrogen and oxygen atoms in total. The summed E-state index contributed by atoms with van der Waals surface area (Å²) in [4.78, 5) is 8.26. The smallest absolute Gasteiger partial charge is 0.233 e. The lowest BCUT2D eigenvalue weighted by Crippen LogP contribution is -2.20. The lowest BCUT2D eigenvalue weighted by Gasteiger charge is -2.22. The Hall–Kier alpha value is -0.840. The molecule has 0 amide bonds. The van der Waals surface area contributed by atoms with Gasteiger partial charge in [0.15, 0.2) is 0 Å². The highest BCUT2D eigenvalue weighted by atomic mass is 79.9. The van der Waals surface area contributed by atoms with Gasteiger partial charge >= 0.3 is 0 Å². The predicted molar refractivity (Wildman–Crippen MR) is 66.8 cm³/mol. The van der Waals surface area contributed by atoms with Crippen LogP contribution in [0.15, 0.2) is 10.8 Å². The van der Waals surface area contributed by atoms with Crippen LogP contribution in [0.5, 0.6) is 5.88 Å². The molecular formula is C11H16BrN3O. The van der Waals surface area contributed by atoms with Crippen LogP contribution in [-0.2, 0) is 0 Å². The van der Waals surface area contributed by atoms with E-state index < -0.39 is 0 Å². The van der Waals surface area contributed by atoms with Crippen LogP contribution in [-0.4, -0.2) is 23.1 Å². The van der Waals surface area contributed by atoms with Crippen molar-refractivity contribution in [2.75, 3.05) is 12.4 Å². The van der Waals surface area contributed by atoms with Gasteiger partial charge in [-0.2, -0.15) is 0 Å². The van der Waals surface area contributed by atoms with Crippen molar-refractivity contribution in [3.63, 3.8) is 0 Å². The summed E-state index contributed by atoms with van der Waals surface area (Å²) in [5, 5.41) is 2.99. The summed E-state index contributed by atoms with van der Waals surface area (Å²) in [5.41, 5.74) is 0. The van der Waals surface area contributed by atoms with Crippen molar-refractivity contribution in [1.29, 1.82) is 0 Å². The molecule has 0 aliphatic heterocycles. The zero-order valence-electron chi connectivity index (χ0n) is 9.37. The Bertz CT molecular complexity index is 353. The van der Waals surface area contributed by atoms with Crippen molar-refractivity contribution in [2.24, 2.45) is 0 Å². The van der Waals surface area contributed by atoms with Gasteiger partial charge in [0.2, 0.25) is 5.88 Å². The second kappa shape index (κ2) is 5.48. The Morgan fingerprint density at radius 1 is 1.31 bits per heavy atom. The van der Waals surface area contributed by atoms with Crippen molar-refractivity contribution < 1.29 is 4.74 Å². The van der Waals surface area contributed by atoms with Gasteiger partial charge in [-0.15, -0.1) is 0 Å². The zero-order chi connectivity index (χ0) is 11.4. The van der Waals surface area contributed by atoms with Crippen LogP contribution in [0.2, 0.25) is 0 Å².